The number of hydrogen-bond acceptors (Lipinski definition) is 2. The molecular weight excluding hydrogens is 200 g/mol. The van der Waals surface area contributed by atoms with E-state index in [2.05, 4.69) is 16.6 Å². The quantitative estimate of drug-likeness (QED) is 0.525. The molecule has 0 aliphatic carbocycles. The molecule has 3 heteroatoms. The Balaban J connectivity index is 1.99. The van der Waals surface area contributed by atoms with Gasteiger partial charge in [0.2, 0.25) is 5.91 Å². The van der Waals surface area contributed by atoms with Crippen LogP contribution >= 0.6 is 0 Å². The fourth-order valence-corrected chi connectivity index (χ4v) is 2.01. The molecule has 0 bridgehead atoms. The molecule has 1 amide bonds. The van der Waals surface area contributed by atoms with Crippen LogP contribution in [0.1, 0.15) is 38.5 Å². The minimum atomic E-state index is 0.169. The summed E-state index contributed by atoms with van der Waals surface area (Å²) in [6, 6.07) is 0. The predicted molar refractivity (Wildman–Crippen MR) is 65.9 cm³/mol. The minimum absolute atomic E-state index is 0.169. The normalized spacial score (nSPS) is 20.1. The van der Waals surface area contributed by atoms with E-state index in [4.69, 9.17) is 6.42 Å². The molecule has 1 aliphatic rings. The second kappa shape index (κ2) is 8.18. The number of carbonyl (C=O) groups excluding carboxylic acids is 1. The second-order valence-corrected chi connectivity index (χ2v) is 4.41. The molecule has 1 saturated heterocycles. The van der Waals surface area contributed by atoms with Gasteiger partial charge in [-0.1, -0.05) is 0 Å². The molecule has 0 aromatic rings. The van der Waals surface area contributed by atoms with E-state index in [1.54, 1.807) is 0 Å². The lowest BCUT2D eigenvalue weighted by Gasteiger charge is -2.22. The van der Waals surface area contributed by atoms with Gasteiger partial charge >= 0.3 is 0 Å². The van der Waals surface area contributed by atoms with E-state index < -0.39 is 0 Å². The van der Waals surface area contributed by atoms with Gasteiger partial charge < -0.3 is 10.6 Å². The topological polar surface area (TPSA) is 41.1 Å². The highest BCUT2D eigenvalue weighted by atomic mass is 16.1. The Bertz CT molecular complexity index is 239. The number of piperidine rings is 1. The van der Waals surface area contributed by atoms with Crippen molar-refractivity contribution in [1.29, 1.82) is 0 Å². The van der Waals surface area contributed by atoms with E-state index >= 15 is 0 Å². The number of rotatable bonds is 6. The number of nitrogens with one attached hydrogen (secondary N) is 2. The van der Waals surface area contributed by atoms with Gasteiger partial charge in [0.05, 0.1) is 0 Å². The number of carbonyl (C=O) groups is 1. The van der Waals surface area contributed by atoms with Crippen molar-refractivity contribution in [3.63, 3.8) is 0 Å². The van der Waals surface area contributed by atoms with Crippen LogP contribution in [0.2, 0.25) is 0 Å². The van der Waals surface area contributed by atoms with Crippen LogP contribution < -0.4 is 10.6 Å². The van der Waals surface area contributed by atoms with Crippen molar-refractivity contribution in [2.75, 3.05) is 19.6 Å². The number of terminal acetylenes is 1. The van der Waals surface area contributed by atoms with Gasteiger partial charge in [-0.05, 0) is 44.7 Å². The van der Waals surface area contributed by atoms with E-state index in [1.165, 1.54) is 12.8 Å². The summed E-state index contributed by atoms with van der Waals surface area (Å²) in [7, 11) is 0. The third-order valence-corrected chi connectivity index (χ3v) is 3.00. The molecule has 16 heavy (non-hydrogen) atoms. The highest BCUT2D eigenvalue weighted by molar-refractivity contribution is 5.75. The first kappa shape index (κ1) is 13.1. The van der Waals surface area contributed by atoms with Crippen molar-refractivity contribution in [2.45, 2.75) is 38.5 Å². The van der Waals surface area contributed by atoms with E-state index in [9.17, 15) is 4.79 Å². The van der Waals surface area contributed by atoms with Crippen LogP contribution in [0.4, 0.5) is 0 Å². The lowest BCUT2D eigenvalue weighted by molar-refractivity contribution is -0.121. The second-order valence-electron chi connectivity index (χ2n) is 4.41. The van der Waals surface area contributed by atoms with Gasteiger partial charge in [-0.3, -0.25) is 4.79 Å². The van der Waals surface area contributed by atoms with Crippen molar-refractivity contribution in [3.8, 4) is 12.3 Å². The Morgan fingerprint density at radius 2 is 2.44 bits per heavy atom. The fraction of sp³-hybridized carbons (Fsp3) is 0.769. The first-order valence-electron chi connectivity index (χ1n) is 6.24. The average Bonchev–Trinajstić information content (AvgIpc) is 2.33. The van der Waals surface area contributed by atoms with Crippen molar-refractivity contribution >= 4 is 5.91 Å². The summed E-state index contributed by atoms with van der Waals surface area (Å²) in [6.07, 6.45) is 10.9. The Morgan fingerprint density at radius 3 is 3.12 bits per heavy atom. The molecule has 90 valence electrons. The Hall–Kier alpha value is -1.01. The molecule has 1 rings (SSSR count). The van der Waals surface area contributed by atoms with Gasteiger partial charge in [0.1, 0.15) is 0 Å². The first-order valence-corrected chi connectivity index (χ1v) is 6.24. The molecule has 1 aliphatic heterocycles. The van der Waals surface area contributed by atoms with Gasteiger partial charge in [0.15, 0.2) is 0 Å². The Morgan fingerprint density at radius 1 is 1.56 bits per heavy atom. The maximum absolute atomic E-state index is 11.5. The van der Waals surface area contributed by atoms with Crippen molar-refractivity contribution in [3.05, 3.63) is 0 Å². The zero-order valence-corrected chi connectivity index (χ0v) is 9.93. The summed E-state index contributed by atoms with van der Waals surface area (Å²) in [5.74, 6) is 3.42. The fourth-order valence-electron chi connectivity index (χ4n) is 2.01. The van der Waals surface area contributed by atoms with E-state index in [0.717, 1.165) is 32.4 Å². The van der Waals surface area contributed by atoms with E-state index in [0.29, 0.717) is 18.9 Å². The number of unbranched alkanes of at least 4 members (excludes halogenated alkanes) is 1. The molecule has 1 fully saturated rings. The van der Waals surface area contributed by atoms with Gasteiger partial charge in [-0.2, -0.15) is 0 Å². The van der Waals surface area contributed by atoms with Crippen LogP contribution in [0.25, 0.3) is 0 Å². The largest absolute Gasteiger partial charge is 0.356 e. The predicted octanol–water partition coefficient (Wildman–Crippen LogP) is 1.30. The van der Waals surface area contributed by atoms with Gasteiger partial charge in [-0.25, -0.2) is 0 Å². The molecule has 0 aromatic carbocycles. The van der Waals surface area contributed by atoms with E-state index in [1.807, 2.05) is 0 Å². The maximum atomic E-state index is 11.5. The number of hydrogen-bond donors (Lipinski definition) is 2. The molecule has 0 saturated carbocycles. The summed E-state index contributed by atoms with van der Waals surface area (Å²) in [5.41, 5.74) is 0. The van der Waals surface area contributed by atoms with Gasteiger partial charge in [-0.15, -0.1) is 12.3 Å². The lowest BCUT2D eigenvalue weighted by Crippen LogP contribution is -2.31. The molecule has 1 unspecified atom stereocenters. The van der Waals surface area contributed by atoms with Crippen LogP contribution in [0.15, 0.2) is 0 Å². The molecule has 0 radical (unpaired) electrons. The SMILES string of the molecule is C#CCCCNC(=O)CCC1CCCNC1. The van der Waals surface area contributed by atoms with Crippen molar-refractivity contribution in [2.24, 2.45) is 5.92 Å². The third-order valence-electron chi connectivity index (χ3n) is 3.00. The highest BCUT2D eigenvalue weighted by Crippen LogP contribution is 2.15. The highest BCUT2D eigenvalue weighted by Gasteiger charge is 2.13. The Kier molecular flexibility index (Phi) is 6.67. The summed E-state index contributed by atoms with van der Waals surface area (Å²) < 4.78 is 0. The first-order chi connectivity index (χ1) is 7.83. The van der Waals surface area contributed by atoms with Crippen molar-refractivity contribution < 1.29 is 4.79 Å². The molecule has 2 N–H and O–H groups in total. The zero-order valence-electron chi connectivity index (χ0n) is 9.93. The minimum Gasteiger partial charge on any atom is -0.356 e. The van der Waals surface area contributed by atoms with Crippen LogP contribution in [-0.2, 0) is 4.79 Å². The summed E-state index contributed by atoms with van der Waals surface area (Å²) >= 11 is 0. The summed E-state index contributed by atoms with van der Waals surface area (Å²) in [5, 5.41) is 6.27. The van der Waals surface area contributed by atoms with Crippen LogP contribution in [0, 0.1) is 18.3 Å². The lowest BCUT2D eigenvalue weighted by atomic mass is 9.94. The molecule has 1 heterocycles. The zero-order chi connectivity index (χ0) is 11.6. The molecule has 0 spiro atoms. The Labute approximate surface area is 98.4 Å². The molecule has 0 aromatic heterocycles. The third kappa shape index (κ3) is 5.77. The average molecular weight is 222 g/mol. The van der Waals surface area contributed by atoms with Crippen LogP contribution in [0.3, 0.4) is 0 Å². The van der Waals surface area contributed by atoms with Gasteiger partial charge in [0, 0.05) is 19.4 Å². The maximum Gasteiger partial charge on any atom is 0.220 e. The van der Waals surface area contributed by atoms with Crippen LogP contribution in [0.5, 0.6) is 0 Å². The monoisotopic (exact) mass is 222 g/mol. The molecular formula is C13H22N2O. The van der Waals surface area contributed by atoms with Crippen LogP contribution in [-0.4, -0.2) is 25.5 Å². The summed E-state index contributed by atoms with van der Waals surface area (Å²) in [6.45, 7) is 2.92. The standard InChI is InChI=1S/C13H22N2O/c1-2-3-4-10-15-13(16)8-7-12-6-5-9-14-11-12/h1,12,14H,3-11H2,(H,15,16). The van der Waals surface area contributed by atoms with Crippen molar-refractivity contribution in [1.82, 2.24) is 10.6 Å². The smallest absolute Gasteiger partial charge is 0.220 e. The molecule has 1 atom stereocenters. The van der Waals surface area contributed by atoms with Gasteiger partial charge in [0.25, 0.3) is 0 Å². The summed E-state index contributed by atoms with van der Waals surface area (Å²) in [4.78, 5) is 11.5. The molecule has 3 nitrogen and oxygen atoms in total. The number of amides is 1. The van der Waals surface area contributed by atoms with E-state index in [-0.39, 0.29) is 5.91 Å².